The maximum Gasteiger partial charge on any atom is 0.248 e. The van der Waals surface area contributed by atoms with Gasteiger partial charge in [0.25, 0.3) is 0 Å². The molecule has 0 aromatic carbocycles. The van der Waals surface area contributed by atoms with Crippen molar-refractivity contribution in [3.8, 4) is 12.1 Å². The number of anilines is 3. The maximum absolute atomic E-state index is 9.20. The monoisotopic (exact) mass is 317 g/mol. The van der Waals surface area contributed by atoms with Gasteiger partial charge in [0, 0.05) is 6.04 Å². The number of nitriles is 2. The van der Waals surface area contributed by atoms with Crippen LogP contribution in [0.15, 0.2) is 24.4 Å². The van der Waals surface area contributed by atoms with Crippen LogP contribution in [0, 0.1) is 22.7 Å². The lowest BCUT2D eigenvalue weighted by molar-refractivity contribution is 0.890. The number of rotatable bonds is 4. The number of hydrogen-bond acceptors (Lipinski definition) is 8. The lowest BCUT2D eigenvalue weighted by Gasteiger charge is -2.09. The van der Waals surface area contributed by atoms with E-state index in [1.54, 1.807) is 18.2 Å². The first-order valence-electron chi connectivity index (χ1n) is 7.33. The van der Waals surface area contributed by atoms with Crippen molar-refractivity contribution in [1.82, 2.24) is 24.6 Å². The predicted octanol–water partition coefficient (Wildman–Crippen LogP) is 1.58. The third-order valence-corrected chi connectivity index (χ3v) is 3.50. The molecule has 9 heteroatoms. The van der Waals surface area contributed by atoms with Crippen molar-refractivity contribution in [3.05, 3.63) is 35.8 Å². The van der Waals surface area contributed by atoms with Crippen LogP contribution in [0.5, 0.6) is 0 Å². The fraction of sp³-hybridized carbons (Fsp3) is 0.200. The standard InChI is InChI=1S/C15H11N9/c16-6-10-2-1-3-12(19-10)21-15-22-13(20-9-4-5-9)14-18-8-11(7-17)24(14)23-15/h1-3,8-9H,4-5H2,(H2,19,20,21,22,23). The summed E-state index contributed by atoms with van der Waals surface area (Å²) < 4.78 is 1.44. The molecule has 0 spiro atoms. The Hall–Kier alpha value is -3.72. The molecule has 0 saturated heterocycles. The highest BCUT2D eigenvalue weighted by molar-refractivity contribution is 5.66. The van der Waals surface area contributed by atoms with Crippen molar-refractivity contribution in [2.24, 2.45) is 0 Å². The Labute approximate surface area is 136 Å². The van der Waals surface area contributed by atoms with Gasteiger partial charge in [-0.1, -0.05) is 6.07 Å². The van der Waals surface area contributed by atoms with E-state index in [0.717, 1.165) is 12.8 Å². The summed E-state index contributed by atoms with van der Waals surface area (Å²) in [6, 6.07) is 9.44. The van der Waals surface area contributed by atoms with Crippen LogP contribution >= 0.6 is 0 Å². The van der Waals surface area contributed by atoms with Crippen LogP contribution in [-0.4, -0.2) is 30.6 Å². The number of nitrogens with zero attached hydrogens (tertiary/aromatic N) is 7. The zero-order valence-electron chi connectivity index (χ0n) is 12.4. The molecule has 4 rings (SSSR count). The average Bonchev–Trinajstić information content (AvgIpc) is 3.32. The summed E-state index contributed by atoms with van der Waals surface area (Å²) in [5.74, 6) is 1.28. The number of hydrogen-bond donors (Lipinski definition) is 2. The van der Waals surface area contributed by atoms with E-state index in [1.807, 2.05) is 6.07 Å². The van der Waals surface area contributed by atoms with Gasteiger partial charge < -0.3 is 10.6 Å². The molecule has 24 heavy (non-hydrogen) atoms. The van der Waals surface area contributed by atoms with Gasteiger partial charge >= 0.3 is 0 Å². The summed E-state index contributed by atoms with van der Waals surface area (Å²) >= 11 is 0. The molecule has 0 unspecified atom stereocenters. The highest BCUT2D eigenvalue weighted by atomic mass is 15.4. The summed E-state index contributed by atoms with van der Waals surface area (Å²) in [5, 5.41) is 28.7. The third-order valence-electron chi connectivity index (χ3n) is 3.50. The van der Waals surface area contributed by atoms with E-state index in [4.69, 9.17) is 5.26 Å². The Balaban J connectivity index is 1.76. The van der Waals surface area contributed by atoms with Gasteiger partial charge in [0.1, 0.15) is 23.7 Å². The van der Waals surface area contributed by atoms with Gasteiger partial charge in [-0.25, -0.2) is 9.97 Å². The summed E-state index contributed by atoms with van der Waals surface area (Å²) in [6.45, 7) is 0. The summed E-state index contributed by atoms with van der Waals surface area (Å²) in [5.41, 5.74) is 1.11. The molecule has 2 N–H and O–H groups in total. The summed E-state index contributed by atoms with van der Waals surface area (Å²) in [4.78, 5) is 12.8. The smallest absolute Gasteiger partial charge is 0.248 e. The average molecular weight is 317 g/mol. The summed E-state index contributed by atoms with van der Waals surface area (Å²) in [7, 11) is 0. The van der Waals surface area contributed by atoms with E-state index >= 15 is 0 Å². The molecule has 3 aromatic heterocycles. The second-order valence-corrected chi connectivity index (χ2v) is 5.34. The zero-order chi connectivity index (χ0) is 16.5. The SMILES string of the molecule is N#Cc1cccc(Nc2nc(NC3CC3)c3ncc(C#N)n3n2)n1. The number of aromatic nitrogens is 5. The minimum atomic E-state index is 0.266. The molecule has 0 aliphatic heterocycles. The molecule has 0 amide bonds. The molecule has 3 heterocycles. The van der Waals surface area contributed by atoms with E-state index in [0.29, 0.717) is 29.0 Å². The van der Waals surface area contributed by atoms with Gasteiger partial charge in [0.15, 0.2) is 17.2 Å². The molecule has 116 valence electrons. The summed E-state index contributed by atoms with van der Waals surface area (Å²) in [6.07, 6.45) is 3.62. The number of fused-ring (bicyclic) bond motifs is 1. The van der Waals surface area contributed by atoms with Crippen molar-refractivity contribution >= 4 is 23.2 Å². The van der Waals surface area contributed by atoms with Crippen molar-refractivity contribution in [2.75, 3.05) is 10.6 Å². The van der Waals surface area contributed by atoms with Gasteiger partial charge in [0.05, 0.1) is 6.20 Å². The molecule has 0 radical (unpaired) electrons. The normalized spacial score (nSPS) is 13.2. The van der Waals surface area contributed by atoms with Crippen molar-refractivity contribution in [3.63, 3.8) is 0 Å². The Bertz CT molecular complexity index is 1000. The van der Waals surface area contributed by atoms with E-state index in [1.165, 1.54) is 10.7 Å². The van der Waals surface area contributed by atoms with Crippen molar-refractivity contribution in [2.45, 2.75) is 18.9 Å². The van der Waals surface area contributed by atoms with E-state index in [-0.39, 0.29) is 11.6 Å². The van der Waals surface area contributed by atoms with Crippen LogP contribution in [0.3, 0.4) is 0 Å². The van der Waals surface area contributed by atoms with Crippen molar-refractivity contribution in [1.29, 1.82) is 10.5 Å². The van der Waals surface area contributed by atoms with E-state index < -0.39 is 0 Å². The molecular weight excluding hydrogens is 306 g/mol. The van der Waals surface area contributed by atoms with Gasteiger partial charge in [-0.2, -0.15) is 20.0 Å². The van der Waals surface area contributed by atoms with Crippen molar-refractivity contribution < 1.29 is 0 Å². The van der Waals surface area contributed by atoms with Gasteiger partial charge in [-0.3, -0.25) is 0 Å². The Morgan fingerprint density at radius 3 is 2.79 bits per heavy atom. The molecule has 9 nitrogen and oxygen atoms in total. The van der Waals surface area contributed by atoms with Gasteiger partial charge in [0.2, 0.25) is 5.95 Å². The maximum atomic E-state index is 9.20. The number of pyridine rings is 1. The number of imidazole rings is 1. The van der Waals surface area contributed by atoms with Crippen LogP contribution in [0.4, 0.5) is 17.6 Å². The van der Waals surface area contributed by atoms with E-state index in [2.05, 4.69) is 36.8 Å². The number of nitrogens with one attached hydrogen (secondary N) is 2. The second-order valence-electron chi connectivity index (χ2n) is 5.34. The Morgan fingerprint density at radius 2 is 2.04 bits per heavy atom. The van der Waals surface area contributed by atoms with Crippen LogP contribution in [-0.2, 0) is 0 Å². The highest BCUT2D eigenvalue weighted by Gasteiger charge is 2.24. The second kappa shape index (κ2) is 5.48. The predicted molar refractivity (Wildman–Crippen MR) is 84.4 cm³/mol. The minimum Gasteiger partial charge on any atom is -0.364 e. The molecular formula is C15H11N9. The lowest BCUT2D eigenvalue weighted by atomic mass is 10.4. The molecule has 0 atom stereocenters. The molecule has 1 aliphatic rings. The highest BCUT2D eigenvalue weighted by Crippen LogP contribution is 2.26. The van der Waals surface area contributed by atoms with Crippen LogP contribution in [0.2, 0.25) is 0 Å². The topological polar surface area (TPSA) is 128 Å². The molecule has 3 aromatic rings. The minimum absolute atomic E-state index is 0.266. The quantitative estimate of drug-likeness (QED) is 0.742. The Morgan fingerprint density at radius 1 is 1.17 bits per heavy atom. The molecule has 1 aliphatic carbocycles. The third kappa shape index (κ3) is 2.55. The van der Waals surface area contributed by atoms with Crippen LogP contribution in [0.1, 0.15) is 24.2 Å². The van der Waals surface area contributed by atoms with Crippen LogP contribution < -0.4 is 10.6 Å². The molecule has 0 bridgehead atoms. The fourth-order valence-electron chi connectivity index (χ4n) is 2.21. The largest absolute Gasteiger partial charge is 0.364 e. The fourth-order valence-corrected chi connectivity index (χ4v) is 2.21. The van der Waals surface area contributed by atoms with Gasteiger partial charge in [-0.05, 0) is 25.0 Å². The first-order chi connectivity index (χ1) is 11.8. The lowest BCUT2D eigenvalue weighted by Crippen LogP contribution is -2.11. The molecule has 1 fully saturated rings. The van der Waals surface area contributed by atoms with Gasteiger partial charge in [-0.15, -0.1) is 5.10 Å². The Kier molecular flexibility index (Phi) is 3.18. The zero-order valence-corrected chi connectivity index (χ0v) is 12.4. The van der Waals surface area contributed by atoms with Crippen LogP contribution in [0.25, 0.3) is 5.65 Å². The first-order valence-corrected chi connectivity index (χ1v) is 7.33. The first kappa shape index (κ1) is 13.9. The molecule has 1 saturated carbocycles. The van der Waals surface area contributed by atoms with E-state index in [9.17, 15) is 5.26 Å².